The minimum atomic E-state index is -1.68. The number of morpholine rings is 1. The van der Waals surface area contributed by atoms with Gasteiger partial charge < -0.3 is 25.1 Å². The highest BCUT2D eigenvalue weighted by atomic mass is 19.1. The normalized spacial score (nSPS) is 23.7. The number of aliphatic imine (C=N–C) groups is 1. The fraction of sp³-hybridized carbons (Fsp3) is 0.250. The van der Waals surface area contributed by atoms with Crippen molar-refractivity contribution >= 4 is 22.7 Å². The number of nitrogens with one attached hydrogen (secondary N) is 4. The second kappa shape index (κ2) is 7.61. The number of guanidine groups is 1. The number of rotatable bonds is 3. The summed E-state index contributed by atoms with van der Waals surface area (Å²) in [4.78, 5) is 22.4. The largest absolute Gasteiger partial charge is 0.417 e. The van der Waals surface area contributed by atoms with Crippen molar-refractivity contribution in [3.05, 3.63) is 70.4 Å². The van der Waals surface area contributed by atoms with Gasteiger partial charge in [-0.15, -0.1) is 0 Å². The molecule has 0 bridgehead atoms. The van der Waals surface area contributed by atoms with E-state index in [9.17, 15) is 9.18 Å². The molecule has 10 nitrogen and oxygen atoms in total. The van der Waals surface area contributed by atoms with Gasteiger partial charge >= 0.3 is 5.76 Å². The molecule has 2 unspecified atom stereocenters. The average molecular weight is 425 g/mol. The van der Waals surface area contributed by atoms with Gasteiger partial charge in [0.05, 0.1) is 35.9 Å². The number of anilines is 1. The van der Waals surface area contributed by atoms with E-state index in [4.69, 9.17) is 14.9 Å². The Bertz CT molecular complexity index is 1230. The lowest BCUT2D eigenvalue weighted by Crippen LogP contribution is -2.56. The number of hydrogen-bond acceptors (Lipinski definition) is 9. The Morgan fingerprint density at radius 3 is 2.97 bits per heavy atom. The zero-order valence-electron chi connectivity index (χ0n) is 16.3. The summed E-state index contributed by atoms with van der Waals surface area (Å²) in [6.45, 7) is 2.18. The first kappa shape index (κ1) is 19.4. The number of nitrogens with two attached hydrogens (primary N) is 1. The number of nitrogens with zero attached hydrogens (tertiary/aromatic N) is 2. The van der Waals surface area contributed by atoms with Crippen molar-refractivity contribution in [2.24, 2.45) is 10.7 Å². The Kier molecular flexibility index (Phi) is 4.77. The first-order valence-corrected chi connectivity index (χ1v) is 9.71. The molecule has 2 aromatic heterocycles. The molecule has 11 heteroatoms. The molecule has 31 heavy (non-hydrogen) atoms. The standard InChI is InChI=1S/C20H20FN7O3/c21-17-10-25-18(26-12-2-3-13(24-8-12)16-9-23-5-6-30-16)28-20(17,22)11-1-4-15-14(7-11)27-19(29)31-15/h1-4,7-8,10,16,23H,5-6,9,22H2,(H,27,29)(H2,25,26,28). The van der Waals surface area contributed by atoms with Crippen molar-refractivity contribution in [2.45, 2.75) is 11.8 Å². The molecule has 0 spiro atoms. The van der Waals surface area contributed by atoms with E-state index in [1.165, 1.54) is 0 Å². The van der Waals surface area contributed by atoms with Crippen molar-refractivity contribution < 1.29 is 13.5 Å². The fourth-order valence-electron chi connectivity index (χ4n) is 3.53. The number of fused-ring (bicyclic) bond motifs is 1. The summed E-state index contributed by atoms with van der Waals surface area (Å²) in [5, 5.41) is 9.20. The van der Waals surface area contributed by atoms with Crippen LogP contribution in [0, 0.1) is 0 Å². The van der Waals surface area contributed by atoms with Gasteiger partial charge in [-0.05, 0) is 24.3 Å². The van der Waals surface area contributed by atoms with Crippen LogP contribution < -0.4 is 27.4 Å². The number of halogens is 1. The first-order valence-electron chi connectivity index (χ1n) is 9.71. The quantitative estimate of drug-likeness (QED) is 0.421. The van der Waals surface area contributed by atoms with Gasteiger partial charge in [0, 0.05) is 18.7 Å². The number of hydrogen-bond donors (Lipinski definition) is 5. The van der Waals surface area contributed by atoms with Crippen LogP contribution in [0.1, 0.15) is 17.4 Å². The van der Waals surface area contributed by atoms with Crippen molar-refractivity contribution in [1.82, 2.24) is 20.6 Å². The van der Waals surface area contributed by atoms with Crippen LogP contribution in [0.4, 0.5) is 10.1 Å². The monoisotopic (exact) mass is 425 g/mol. The molecule has 2 aliphatic heterocycles. The van der Waals surface area contributed by atoms with Crippen molar-refractivity contribution in [2.75, 3.05) is 25.0 Å². The highest BCUT2D eigenvalue weighted by Crippen LogP contribution is 2.29. The summed E-state index contributed by atoms with van der Waals surface area (Å²) in [5.74, 6) is -1.03. The maximum atomic E-state index is 14.7. The summed E-state index contributed by atoms with van der Waals surface area (Å²) in [6.07, 6.45) is 2.60. The summed E-state index contributed by atoms with van der Waals surface area (Å²) in [7, 11) is 0. The highest BCUT2D eigenvalue weighted by Gasteiger charge is 2.37. The Balaban J connectivity index is 1.35. The van der Waals surface area contributed by atoms with E-state index in [1.807, 2.05) is 12.1 Å². The molecule has 0 amide bonds. The number of aromatic nitrogens is 2. The van der Waals surface area contributed by atoms with Crippen molar-refractivity contribution in [1.29, 1.82) is 0 Å². The maximum Gasteiger partial charge on any atom is 0.417 e. The Labute approximate surface area is 175 Å². The molecule has 3 aromatic rings. The number of ether oxygens (including phenoxy) is 1. The number of pyridine rings is 1. The molecule has 1 saturated heterocycles. The number of oxazole rings is 1. The minimum Gasteiger partial charge on any atom is -0.408 e. The highest BCUT2D eigenvalue weighted by molar-refractivity contribution is 5.95. The Hall–Kier alpha value is -3.54. The molecule has 6 N–H and O–H groups in total. The lowest BCUT2D eigenvalue weighted by atomic mass is 9.98. The zero-order chi connectivity index (χ0) is 21.4. The van der Waals surface area contributed by atoms with Crippen LogP contribution in [0.25, 0.3) is 11.1 Å². The SMILES string of the molecule is NC1(c2ccc3oc(=O)[nH]c3c2)NC(Nc2ccc(C3CNCCO3)nc2)=NC=C1F. The first-order chi connectivity index (χ1) is 15.0. The van der Waals surface area contributed by atoms with Gasteiger partial charge in [0.15, 0.2) is 17.1 Å². The van der Waals surface area contributed by atoms with E-state index >= 15 is 0 Å². The van der Waals surface area contributed by atoms with Gasteiger partial charge in [0.2, 0.25) is 5.96 Å². The van der Waals surface area contributed by atoms with E-state index in [-0.39, 0.29) is 12.1 Å². The third kappa shape index (κ3) is 3.69. The second-order valence-corrected chi connectivity index (χ2v) is 7.27. The lowest BCUT2D eigenvalue weighted by molar-refractivity contribution is 0.0250. The smallest absolute Gasteiger partial charge is 0.408 e. The lowest BCUT2D eigenvalue weighted by Gasteiger charge is -2.33. The second-order valence-electron chi connectivity index (χ2n) is 7.27. The van der Waals surface area contributed by atoms with Crippen molar-refractivity contribution in [3.8, 4) is 0 Å². The average Bonchev–Trinajstić information content (AvgIpc) is 3.17. The summed E-state index contributed by atoms with van der Waals surface area (Å²) >= 11 is 0. The van der Waals surface area contributed by atoms with E-state index in [0.29, 0.717) is 35.5 Å². The maximum absolute atomic E-state index is 14.7. The van der Waals surface area contributed by atoms with Gasteiger partial charge in [0.1, 0.15) is 6.10 Å². The number of H-pyrrole nitrogens is 1. The Morgan fingerprint density at radius 1 is 1.29 bits per heavy atom. The topological polar surface area (TPSA) is 143 Å². The number of aromatic amines is 1. The van der Waals surface area contributed by atoms with Crippen LogP contribution in [-0.2, 0) is 10.4 Å². The summed E-state index contributed by atoms with van der Waals surface area (Å²) < 4.78 is 25.4. The summed E-state index contributed by atoms with van der Waals surface area (Å²) in [5.41, 5.74) is 7.29. The molecule has 1 aromatic carbocycles. The summed E-state index contributed by atoms with van der Waals surface area (Å²) in [6, 6.07) is 8.38. The molecule has 2 aliphatic rings. The third-order valence-electron chi connectivity index (χ3n) is 5.18. The molecule has 0 saturated carbocycles. The molecule has 160 valence electrons. The predicted octanol–water partition coefficient (Wildman–Crippen LogP) is 1.17. The van der Waals surface area contributed by atoms with E-state index in [0.717, 1.165) is 18.4 Å². The van der Waals surface area contributed by atoms with E-state index in [1.54, 1.807) is 24.4 Å². The molecule has 1 fully saturated rings. The van der Waals surface area contributed by atoms with Crippen LogP contribution in [-0.4, -0.2) is 35.6 Å². The van der Waals surface area contributed by atoms with E-state index in [2.05, 4.69) is 30.9 Å². The van der Waals surface area contributed by atoms with Crippen LogP contribution >= 0.6 is 0 Å². The zero-order valence-corrected chi connectivity index (χ0v) is 16.3. The van der Waals surface area contributed by atoms with Crippen LogP contribution in [0.3, 0.4) is 0 Å². The van der Waals surface area contributed by atoms with Gasteiger partial charge in [-0.3, -0.25) is 15.7 Å². The molecule has 4 heterocycles. The fourth-order valence-corrected chi connectivity index (χ4v) is 3.53. The molecule has 2 atom stereocenters. The molecule has 5 rings (SSSR count). The van der Waals surface area contributed by atoms with Gasteiger partial charge in [-0.1, -0.05) is 6.07 Å². The van der Waals surface area contributed by atoms with Crippen molar-refractivity contribution in [3.63, 3.8) is 0 Å². The molecular formula is C20H20FN7O3. The molecular weight excluding hydrogens is 405 g/mol. The van der Waals surface area contributed by atoms with Gasteiger partial charge in [-0.2, -0.15) is 0 Å². The van der Waals surface area contributed by atoms with Crippen LogP contribution in [0.2, 0.25) is 0 Å². The van der Waals surface area contributed by atoms with E-state index < -0.39 is 17.2 Å². The minimum absolute atomic E-state index is 0.0917. The molecule has 0 aliphatic carbocycles. The third-order valence-corrected chi connectivity index (χ3v) is 5.18. The van der Waals surface area contributed by atoms with Crippen LogP contribution in [0.15, 0.2) is 62.8 Å². The Morgan fingerprint density at radius 2 is 2.19 bits per heavy atom. The van der Waals surface area contributed by atoms with Gasteiger partial charge in [0.25, 0.3) is 0 Å². The number of benzene rings is 1. The van der Waals surface area contributed by atoms with Gasteiger partial charge in [-0.25, -0.2) is 14.2 Å². The van der Waals surface area contributed by atoms with Crippen LogP contribution in [0.5, 0.6) is 0 Å². The molecule has 0 radical (unpaired) electrons. The predicted molar refractivity (Wildman–Crippen MR) is 112 cm³/mol.